The second-order valence-corrected chi connectivity index (χ2v) is 6.15. The van der Waals surface area contributed by atoms with Crippen molar-refractivity contribution < 1.29 is 19.1 Å². The van der Waals surface area contributed by atoms with Crippen LogP contribution in [0.4, 0.5) is 4.79 Å². The molecule has 0 radical (unpaired) electrons. The lowest BCUT2D eigenvalue weighted by atomic mass is 10.1. The van der Waals surface area contributed by atoms with Gasteiger partial charge in [0, 0.05) is 0 Å². The van der Waals surface area contributed by atoms with Crippen LogP contribution in [0.25, 0.3) is 0 Å². The van der Waals surface area contributed by atoms with E-state index in [-0.39, 0.29) is 18.4 Å². The van der Waals surface area contributed by atoms with Crippen molar-refractivity contribution in [1.29, 1.82) is 0 Å². The molecule has 0 aliphatic carbocycles. The zero-order valence-corrected chi connectivity index (χ0v) is 14.2. The van der Waals surface area contributed by atoms with Crippen LogP contribution in [0, 0.1) is 0 Å². The zero-order chi connectivity index (χ0) is 17.3. The van der Waals surface area contributed by atoms with E-state index < -0.39 is 11.7 Å². The van der Waals surface area contributed by atoms with Crippen molar-refractivity contribution >= 4 is 12.1 Å². The second-order valence-electron chi connectivity index (χ2n) is 6.15. The normalized spacial score (nSPS) is 12.7. The van der Waals surface area contributed by atoms with Crippen molar-refractivity contribution in [3.8, 4) is 0 Å². The molecular weight excluding hydrogens is 294 g/mol. The van der Waals surface area contributed by atoms with Gasteiger partial charge in [0.15, 0.2) is 0 Å². The van der Waals surface area contributed by atoms with Crippen LogP contribution in [-0.2, 0) is 20.7 Å². The highest BCUT2D eigenvalue weighted by atomic mass is 16.6. The zero-order valence-electron chi connectivity index (χ0n) is 14.2. The van der Waals surface area contributed by atoms with Crippen LogP contribution >= 0.6 is 0 Å². The Morgan fingerprint density at radius 1 is 1.22 bits per heavy atom. The van der Waals surface area contributed by atoms with Crippen molar-refractivity contribution in [1.82, 2.24) is 5.32 Å². The van der Waals surface area contributed by atoms with Gasteiger partial charge in [-0.2, -0.15) is 0 Å². The molecule has 0 unspecified atom stereocenters. The number of benzene rings is 1. The molecule has 1 amide bonds. The molecule has 0 aliphatic heterocycles. The lowest BCUT2D eigenvalue weighted by molar-refractivity contribution is -0.139. The van der Waals surface area contributed by atoms with Crippen molar-refractivity contribution in [2.24, 2.45) is 0 Å². The summed E-state index contributed by atoms with van der Waals surface area (Å²) in [6, 6.07) is 9.52. The van der Waals surface area contributed by atoms with Gasteiger partial charge in [0.25, 0.3) is 0 Å². The summed E-state index contributed by atoms with van der Waals surface area (Å²) in [4.78, 5) is 23.1. The topological polar surface area (TPSA) is 64.6 Å². The molecule has 1 atom stereocenters. The Bertz CT molecular complexity index is 532. The number of amides is 1. The molecule has 0 aliphatic rings. The summed E-state index contributed by atoms with van der Waals surface area (Å²) in [7, 11) is 1.34. The smallest absolute Gasteiger partial charge is 0.408 e. The number of alkyl carbamates (subject to hydrolysis) is 1. The Balaban J connectivity index is 2.71. The van der Waals surface area contributed by atoms with Gasteiger partial charge in [0.05, 0.1) is 19.6 Å². The highest BCUT2D eigenvalue weighted by molar-refractivity contribution is 5.71. The quantitative estimate of drug-likeness (QED) is 0.646. The molecule has 5 nitrogen and oxygen atoms in total. The van der Waals surface area contributed by atoms with Crippen LogP contribution in [0.3, 0.4) is 0 Å². The fourth-order valence-electron chi connectivity index (χ4n) is 1.91. The lowest BCUT2D eigenvalue weighted by Gasteiger charge is -2.22. The minimum absolute atomic E-state index is 0.164. The van der Waals surface area contributed by atoms with E-state index in [0.717, 1.165) is 5.56 Å². The molecule has 1 rings (SSSR count). The minimum Gasteiger partial charge on any atom is -0.469 e. The molecule has 0 fully saturated rings. The fourth-order valence-corrected chi connectivity index (χ4v) is 1.91. The third-order valence-electron chi connectivity index (χ3n) is 2.88. The van der Waals surface area contributed by atoms with Gasteiger partial charge in [-0.25, -0.2) is 4.79 Å². The van der Waals surface area contributed by atoms with Crippen molar-refractivity contribution in [2.45, 2.75) is 45.3 Å². The summed E-state index contributed by atoms with van der Waals surface area (Å²) in [5.41, 5.74) is 0.521. The number of carbonyl (C=O) groups excluding carboxylic acids is 2. The van der Waals surface area contributed by atoms with E-state index >= 15 is 0 Å². The van der Waals surface area contributed by atoms with Crippen LogP contribution in [0.15, 0.2) is 42.5 Å². The van der Waals surface area contributed by atoms with Crippen LogP contribution in [0.5, 0.6) is 0 Å². The maximum absolute atomic E-state index is 12.0. The maximum Gasteiger partial charge on any atom is 0.408 e. The molecule has 1 N–H and O–H groups in total. The van der Waals surface area contributed by atoms with Gasteiger partial charge in [-0.05, 0) is 32.8 Å². The third kappa shape index (κ3) is 8.66. The number of nitrogens with one attached hydrogen (secondary N) is 1. The van der Waals surface area contributed by atoms with E-state index in [0.29, 0.717) is 6.42 Å². The van der Waals surface area contributed by atoms with Crippen LogP contribution in [-0.4, -0.2) is 30.8 Å². The molecule has 0 spiro atoms. The van der Waals surface area contributed by atoms with E-state index in [4.69, 9.17) is 4.74 Å². The molecular formula is C18H25NO4. The van der Waals surface area contributed by atoms with Crippen molar-refractivity contribution in [2.75, 3.05) is 7.11 Å². The number of hydrogen-bond donors (Lipinski definition) is 1. The number of methoxy groups -OCH3 is 1. The van der Waals surface area contributed by atoms with Crippen molar-refractivity contribution in [3.63, 3.8) is 0 Å². The van der Waals surface area contributed by atoms with Gasteiger partial charge in [0.1, 0.15) is 5.60 Å². The van der Waals surface area contributed by atoms with E-state index in [1.54, 1.807) is 12.2 Å². The van der Waals surface area contributed by atoms with Crippen LogP contribution in [0.1, 0.15) is 32.8 Å². The first-order valence-corrected chi connectivity index (χ1v) is 7.57. The molecule has 1 aromatic carbocycles. The summed E-state index contributed by atoms with van der Waals surface area (Å²) >= 11 is 0. The monoisotopic (exact) mass is 319 g/mol. The Morgan fingerprint density at radius 3 is 2.43 bits per heavy atom. The Morgan fingerprint density at radius 2 is 1.87 bits per heavy atom. The number of carbonyl (C=O) groups is 2. The summed E-state index contributed by atoms with van der Waals surface area (Å²) in [6.07, 6.45) is 3.77. The first-order chi connectivity index (χ1) is 10.8. The first-order valence-electron chi connectivity index (χ1n) is 7.57. The summed E-state index contributed by atoms with van der Waals surface area (Å²) < 4.78 is 9.87. The second kappa shape index (κ2) is 8.98. The Hall–Kier alpha value is -2.30. The number of esters is 1. The van der Waals surface area contributed by atoms with Crippen LogP contribution in [0.2, 0.25) is 0 Å². The minimum atomic E-state index is -0.558. The predicted octanol–water partition coefficient (Wildman–Crippen LogP) is 3.24. The van der Waals surface area contributed by atoms with Gasteiger partial charge in [-0.1, -0.05) is 42.5 Å². The number of rotatable bonds is 6. The Kier molecular flexibility index (Phi) is 7.32. The van der Waals surface area contributed by atoms with E-state index in [2.05, 4.69) is 10.1 Å². The highest BCUT2D eigenvalue weighted by Crippen LogP contribution is 2.09. The number of ether oxygens (including phenoxy) is 2. The third-order valence-corrected chi connectivity index (χ3v) is 2.88. The first kappa shape index (κ1) is 18.7. The lowest BCUT2D eigenvalue weighted by Crippen LogP contribution is -2.39. The molecule has 0 saturated carbocycles. The molecule has 0 bridgehead atoms. The van der Waals surface area contributed by atoms with Gasteiger partial charge in [0.2, 0.25) is 0 Å². The summed E-state index contributed by atoms with van der Waals surface area (Å²) in [5.74, 6) is -0.322. The molecule has 23 heavy (non-hydrogen) atoms. The standard InChI is InChI=1S/C18H25NO4/c1-18(2,3)23-17(21)19-15(11-8-12-16(20)22-4)13-14-9-6-5-7-10-14/h5-11,15H,12-13H2,1-4H3,(H,19,21)/b11-8+/t15-/m1/s1. The summed E-state index contributed by atoms with van der Waals surface area (Å²) in [6.45, 7) is 5.43. The van der Waals surface area contributed by atoms with Gasteiger partial charge >= 0.3 is 12.1 Å². The van der Waals surface area contributed by atoms with E-state index in [9.17, 15) is 9.59 Å². The van der Waals surface area contributed by atoms with Gasteiger partial charge in [-0.15, -0.1) is 0 Å². The average molecular weight is 319 g/mol. The van der Waals surface area contributed by atoms with Crippen LogP contribution < -0.4 is 5.32 Å². The summed E-state index contributed by atoms with van der Waals surface area (Å²) in [5, 5.41) is 2.81. The molecule has 0 aromatic heterocycles. The van der Waals surface area contributed by atoms with E-state index in [1.165, 1.54) is 7.11 Å². The molecule has 5 heteroatoms. The highest BCUT2D eigenvalue weighted by Gasteiger charge is 2.18. The van der Waals surface area contributed by atoms with E-state index in [1.807, 2.05) is 51.1 Å². The number of hydrogen-bond acceptors (Lipinski definition) is 4. The maximum atomic E-state index is 12.0. The molecule has 0 heterocycles. The average Bonchev–Trinajstić information content (AvgIpc) is 2.45. The molecule has 126 valence electrons. The SMILES string of the molecule is COC(=O)C/C=C/[C@H](Cc1ccccc1)NC(=O)OC(C)(C)C. The largest absolute Gasteiger partial charge is 0.469 e. The molecule has 0 saturated heterocycles. The Labute approximate surface area is 137 Å². The predicted molar refractivity (Wildman–Crippen MR) is 89.1 cm³/mol. The van der Waals surface area contributed by atoms with Gasteiger partial charge < -0.3 is 14.8 Å². The molecule has 1 aromatic rings. The fraction of sp³-hybridized carbons (Fsp3) is 0.444. The van der Waals surface area contributed by atoms with Gasteiger partial charge in [-0.3, -0.25) is 4.79 Å². The van der Waals surface area contributed by atoms with Crippen molar-refractivity contribution in [3.05, 3.63) is 48.0 Å².